The Labute approximate surface area is 181 Å². The summed E-state index contributed by atoms with van der Waals surface area (Å²) in [6.45, 7) is 3.33. The van der Waals surface area contributed by atoms with Crippen LogP contribution in [-0.4, -0.2) is 17.7 Å². The minimum Gasteiger partial charge on any atom is -0.494 e. The number of ether oxygens (including phenoxy) is 2. The van der Waals surface area contributed by atoms with Gasteiger partial charge < -0.3 is 14.6 Å². The molecule has 164 valence electrons. The molecule has 0 radical (unpaired) electrons. The van der Waals surface area contributed by atoms with E-state index in [-0.39, 0.29) is 5.56 Å². The summed E-state index contributed by atoms with van der Waals surface area (Å²) >= 11 is 0. The molecule has 2 aromatic rings. The predicted molar refractivity (Wildman–Crippen MR) is 122 cm³/mol. The molecular formula is C26H36O4. The van der Waals surface area contributed by atoms with E-state index in [1.54, 1.807) is 24.3 Å². The van der Waals surface area contributed by atoms with Gasteiger partial charge in [0.25, 0.3) is 0 Å². The number of para-hydroxylation sites is 1. The Balaban J connectivity index is 1.57. The van der Waals surface area contributed by atoms with Crippen molar-refractivity contribution in [2.45, 2.75) is 77.7 Å². The predicted octanol–water partition coefficient (Wildman–Crippen LogP) is 7.26. The highest BCUT2D eigenvalue weighted by molar-refractivity contribution is 5.90. The van der Waals surface area contributed by atoms with Crippen molar-refractivity contribution < 1.29 is 19.4 Å². The van der Waals surface area contributed by atoms with Gasteiger partial charge >= 0.3 is 5.97 Å². The van der Waals surface area contributed by atoms with Gasteiger partial charge in [-0.15, -0.1) is 0 Å². The van der Waals surface area contributed by atoms with E-state index >= 15 is 0 Å². The van der Waals surface area contributed by atoms with E-state index in [0.29, 0.717) is 12.4 Å². The second-order valence-corrected chi connectivity index (χ2v) is 7.76. The first-order valence-corrected chi connectivity index (χ1v) is 11.4. The smallest absolute Gasteiger partial charge is 0.339 e. The summed E-state index contributed by atoms with van der Waals surface area (Å²) in [5, 5.41) is 9.21. The molecule has 4 nitrogen and oxygen atoms in total. The van der Waals surface area contributed by atoms with Crippen molar-refractivity contribution in [3.8, 4) is 11.5 Å². The number of unbranched alkanes of at least 4 members (excludes halogenated alkanes) is 9. The van der Waals surface area contributed by atoms with Gasteiger partial charge in [-0.1, -0.05) is 89.0 Å². The molecule has 0 spiro atoms. The molecule has 0 aromatic heterocycles. The van der Waals surface area contributed by atoms with Crippen molar-refractivity contribution in [1.29, 1.82) is 0 Å². The topological polar surface area (TPSA) is 55.8 Å². The van der Waals surface area contributed by atoms with Gasteiger partial charge in [0.2, 0.25) is 0 Å². The molecule has 0 fully saturated rings. The van der Waals surface area contributed by atoms with Crippen LogP contribution < -0.4 is 9.47 Å². The van der Waals surface area contributed by atoms with E-state index in [0.717, 1.165) is 24.3 Å². The van der Waals surface area contributed by atoms with Crippen LogP contribution >= 0.6 is 0 Å². The van der Waals surface area contributed by atoms with Gasteiger partial charge in [-0.05, 0) is 36.2 Å². The van der Waals surface area contributed by atoms with Crippen LogP contribution in [0, 0.1) is 0 Å². The molecule has 0 aliphatic carbocycles. The summed E-state index contributed by atoms with van der Waals surface area (Å²) in [6.07, 6.45) is 13.2. The van der Waals surface area contributed by atoms with Gasteiger partial charge in [0.1, 0.15) is 23.7 Å². The molecule has 2 aromatic carbocycles. The summed E-state index contributed by atoms with van der Waals surface area (Å²) < 4.78 is 11.5. The molecule has 0 unspecified atom stereocenters. The highest BCUT2D eigenvalue weighted by Crippen LogP contribution is 2.20. The fourth-order valence-electron chi connectivity index (χ4n) is 3.39. The Morgan fingerprint density at radius 2 is 1.37 bits per heavy atom. The van der Waals surface area contributed by atoms with Gasteiger partial charge in [0.15, 0.2) is 0 Å². The van der Waals surface area contributed by atoms with E-state index < -0.39 is 5.97 Å². The number of hydrogen-bond donors (Lipinski definition) is 1. The summed E-state index contributed by atoms with van der Waals surface area (Å²) in [6, 6.07) is 14.5. The zero-order valence-electron chi connectivity index (χ0n) is 18.3. The molecule has 0 bridgehead atoms. The lowest BCUT2D eigenvalue weighted by molar-refractivity contribution is 0.0691. The van der Waals surface area contributed by atoms with Crippen LogP contribution in [0.3, 0.4) is 0 Å². The van der Waals surface area contributed by atoms with Gasteiger partial charge in [0, 0.05) is 0 Å². The van der Waals surface area contributed by atoms with Crippen molar-refractivity contribution in [3.63, 3.8) is 0 Å². The maximum absolute atomic E-state index is 11.2. The first kappa shape index (κ1) is 23.8. The van der Waals surface area contributed by atoms with E-state index in [4.69, 9.17) is 9.47 Å². The molecule has 0 saturated heterocycles. The first-order chi connectivity index (χ1) is 14.7. The highest BCUT2D eigenvalue weighted by Gasteiger charge is 2.10. The second kappa shape index (κ2) is 14.5. The van der Waals surface area contributed by atoms with Crippen LogP contribution in [0.4, 0.5) is 0 Å². The quantitative estimate of drug-likeness (QED) is 0.295. The number of aromatic carboxylic acids is 1. The SMILES string of the molecule is CCCCCCCCCCCCOc1ccc(COc2ccccc2C(=O)O)cc1. The number of carbonyl (C=O) groups is 1. The average Bonchev–Trinajstić information content (AvgIpc) is 2.77. The highest BCUT2D eigenvalue weighted by atomic mass is 16.5. The fourth-order valence-corrected chi connectivity index (χ4v) is 3.39. The standard InChI is InChI=1S/C26H36O4/c1-2-3-4-5-6-7-8-9-10-13-20-29-23-18-16-22(17-19-23)21-30-25-15-12-11-14-24(25)26(27)28/h11-12,14-19H,2-10,13,20-21H2,1H3,(H,27,28). The molecule has 0 saturated carbocycles. The van der Waals surface area contributed by atoms with Crippen LogP contribution in [0.15, 0.2) is 48.5 Å². The third-order valence-electron chi connectivity index (χ3n) is 5.20. The first-order valence-electron chi connectivity index (χ1n) is 11.4. The second-order valence-electron chi connectivity index (χ2n) is 7.76. The third-order valence-corrected chi connectivity index (χ3v) is 5.20. The monoisotopic (exact) mass is 412 g/mol. The molecule has 2 rings (SSSR count). The Hall–Kier alpha value is -2.49. The minimum absolute atomic E-state index is 0.175. The van der Waals surface area contributed by atoms with Crippen molar-refractivity contribution in [3.05, 3.63) is 59.7 Å². The lowest BCUT2D eigenvalue weighted by Gasteiger charge is -2.10. The minimum atomic E-state index is -0.985. The van der Waals surface area contributed by atoms with Crippen LogP contribution in [0.1, 0.15) is 87.1 Å². The molecule has 0 heterocycles. The number of hydrogen-bond acceptors (Lipinski definition) is 3. The maximum Gasteiger partial charge on any atom is 0.339 e. The lowest BCUT2D eigenvalue weighted by atomic mass is 10.1. The van der Waals surface area contributed by atoms with Gasteiger partial charge in [-0.2, -0.15) is 0 Å². The van der Waals surface area contributed by atoms with Gasteiger partial charge in [-0.3, -0.25) is 0 Å². The summed E-state index contributed by atoms with van der Waals surface area (Å²) in [4.78, 5) is 11.2. The molecule has 0 amide bonds. The molecule has 1 N–H and O–H groups in total. The van der Waals surface area contributed by atoms with Crippen molar-refractivity contribution in [2.24, 2.45) is 0 Å². The summed E-state index contributed by atoms with van der Waals surface area (Å²) in [5.74, 6) is 0.258. The van der Waals surface area contributed by atoms with Crippen LogP contribution in [0.25, 0.3) is 0 Å². The Kier molecular flexibility index (Phi) is 11.5. The summed E-state index contributed by atoms with van der Waals surface area (Å²) in [7, 11) is 0. The van der Waals surface area contributed by atoms with E-state index in [2.05, 4.69) is 6.92 Å². The molecule has 30 heavy (non-hydrogen) atoms. The zero-order chi connectivity index (χ0) is 21.4. The van der Waals surface area contributed by atoms with E-state index in [9.17, 15) is 9.90 Å². The number of carboxylic acids is 1. The van der Waals surface area contributed by atoms with Crippen LogP contribution in [0.5, 0.6) is 11.5 Å². The Bertz CT molecular complexity index is 724. The van der Waals surface area contributed by atoms with Crippen LogP contribution in [-0.2, 0) is 6.61 Å². The fraction of sp³-hybridized carbons (Fsp3) is 0.500. The Morgan fingerprint density at radius 1 is 0.767 bits per heavy atom. The van der Waals surface area contributed by atoms with Gasteiger partial charge in [-0.25, -0.2) is 4.79 Å². The summed E-state index contributed by atoms with van der Waals surface area (Å²) in [5.41, 5.74) is 1.15. The largest absolute Gasteiger partial charge is 0.494 e. The van der Waals surface area contributed by atoms with E-state index in [1.165, 1.54) is 57.8 Å². The lowest BCUT2D eigenvalue weighted by Crippen LogP contribution is -2.03. The molecule has 0 aliphatic heterocycles. The molecular weight excluding hydrogens is 376 g/mol. The zero-order valence-corrected chi connectivity index (χ0v) is 18.3. The Morgan fingerprint density at radius 3 is 2.00 bits per heavy atom. The van der Waals surface area contributed by atoms with E-state index in [1.807, 2.05) is 24.3 Å². The average molecular weight is 413 g/mol. The van der Waals surface area contributed by atoms with Crippen LogP contribution in [0.2, 0.25) is 0 Å². The van der Waals surface area contributed by atoms with Gasteiger partial charge in [0.05, 0.1) is 6.61 Å². The third kappa shape index (κ3) is 9.34. The van der Waals surface area contributed by atoms with Crippen molar-refractivity contribution in [1.82, 2.24) is 0 Å². The van der Waals surface area contributed by atoms with Crippen molar-refractivity contribution in [2.75, 3.05) is 6.61 Å². The molecule has 4 heteroatoms. The maximum atomic E-state index is 11.2. The normalized spacial score (nSPS) is 10.7. The number of rotatable bonds is 16. The molecule has 0 atom stereocenters. The number of carboxylic acid groups (broad SMARTS) is 1. The molecule has 0 aliphatic rings. The number of benzene rings is 2. The van der Waals surface area contributed by atoms with Crippen molar-refractivity contribution >= 4 is 5.97 Å².